The van der Waals surface area contributed by atoms with E-state index < -0.39 is 16.8 Å². The van der Waals surface area contributed by atoms with Crippen molar-refractivity contribution in [3.05, 3.63) is 0 Å². The molecule has 5 nitrogen and oxygen atoms in total. The van der Waals surface area contributed by atoms with Gasteiger partial charge in [-0.15, -0.1) is 0 Å². The number of rotatable bonds is 5. The van der Waals surface area contributed by atoms with Gasteiger partial charge in [-0.3, -0.25) is 9.59 Å². The molecule has 5 heteroatoms. The molecule has 0 aromatic carbocycles. The lowest BCUT2D eigenvalue weighted by molar-refractivity contribution is -0.149. The fourth-order valence-electron chi connectivity index (χ4n) is 3.88. The van der Waals surface area contributed by atoms with Gasteiger partial charge in [0.15, 0.2) is 0 Å². The summed E-state index contributed by atoms with van der Waals surface area (Å²) in [6.45, 7) is 0.613. The highest BCUT2D eigenvalue weighted by Gasteiger charge is 2.43. The normalized spacial score (nSPS) is 24.2. The van der Waals surface area contributed by atoms with E-state index in [0.717, 1.165) is 51.4 Å². The molecule has 2 aliphatic rings. The van der Waals surface area contributed by atoms with Gasteiger partial charge in [-0.25, -0.2) is 0 Å². The Labute approximate surface area is 126 Å². The van der Waals surface area contributed by atoms with Gasteiger partial charge in [0.25, 0.3) is 0 Å². The van der Waals surface area contributed by atoms with E-state index in [1.807, 2.05) is 0 Å². The van der Waals surface area contributed by atoms with Gasteiger partial charge in [0.1, 0.15) is 0 Å². The van der Waals surface area contributed by atoms with Crippen molar-refractivity contribution in [1.29, 1.82) is 0 Å². The van der Waals surface area contributed by atoms with E-state index in [1.165, 1.54) is 0 Å². The molecule has 2 saturated carbocycles. The van der Waals surface area contributed by atoms with Crippen LogP contribution in [0.4, 0.5) is 0 Å². The molecule has 0 atom stereocenters. The predicted octanol–water partition coefficient (Wildman–Crippen LogP) is 2.05. The van der Waals surface area contributed by atoms with Crippen LogP contribution < -0.4 is 11.1 Å². The number of nitrogens with two attached hydrogens (primary N) is 1. The smallest absolute Gasteiger partial charge is 0.311 e. The quantitative estimate of drug-likeness (QED) is 0.677. The lowest BCUT2D eigenvalue weighted by Crippen LogP contribution is -2.50. The van der Waals surface area contributed by atoms with Crippen LogP contribution in [0.1, 0.15) is 64.2 Å². The van der Waals surface area contributed by atoms with E-state index in [-0.39, 0.29) is 12.5 Å². The molecule has 0 aromatic rings. The Morgan fingerprint density at radius 2 is 1.38 bits per heavy atom. The third-order valence-corrected chi connectivity index (χ3v) is 5.53. The molecule has 0 aliphatic heterocycles. The molecule has 120 valence electrons. The van der Waals surface area contributed by atoms with Crippen LogP contribution >= 0.6 is 0 Å². The summed E-state index contributed by atoms with van der Waals surface area (Å²) in [5.41, 5.74) is 4.68. The number of aliphatic carboxylic acids is 1. The number of hydrogen-bond acceptors (Lipinski definition) is 3. The van der Waals surface area contributed by atoms with Gasteiger partial charge in [0.05, 0.1) is 10.8 Å². The maximum atomic E-state index is 12.6. The SMILES string of the molecule is NCC1(C(=O)NCC2(C(=O)O)CCCC2)CCCCCC1. The van der Waals surface area contributed by atoms with Crippen LogP contribution in [0.2, 0.25) is 0 Å². The highest BCUT2D eigenvalue weighted by atomic mass is 16.4. The largest absolute Gasteiger partial charge is 0.481 e. The van der Waals surface area contributed by atoms with Crippen LogP contribution in [0.3, 0.4) is 0 Å². The zero-order valence-corrected chi connectivity index (χ0v) is 12.8. The highest BCUT2D eigenvalue weighted by Crippen LogP contribution is 2.39. The second-order valence-corrected chi connectivity index (χ2v) is 6.87. The summed E-state index contributed by atoms with van der Waals surface area (Å²) in [7, 11) is 0. The van der Waals surface area contributed by atoms with Crippen molar-refractivity contribution in [2.45, 2.75) is 64.2 Å². The van der Waals surface area contributed by atoms with Gasteiger partial charge < -0.3 is 16.2 Å². The first-order valence-electron chi connectivity index (χ1n) is 8.26. The maximum absolute atomic E-state index is 12.6. The van der Waals surface area contributed by atoms with E-state index in [9.17, 15) is 14.7 Å². The van der Waals surface area contributed by atoms with E-state index in [1.54, 1.807) is 0 Å². The number of hydrogen-bond donors (Lipinski definition) is 3. The minimum absolute atomic E-state index is 0.0283. The third-order valence-electron chi connectivity index (χ3n) is 5.53. The number of nitrogens with one attached hydrogen (secondary N) is 1. The van der Waals surface area contributed by atoms with E-state index in [0.29, 0.717) is 19.4 Å². The summed E-state index contributed by atoms with van der Waals surface area (Å²) in [4.78, 5) is 24.2. The molecule has 0 radical (unpaired) electrons. The summed E-state index contributed by atoms with van der Waals surface area (Å²) < 4.78 is 0. The molecule has 21 heavy (non-hydrogen) atoms. The molecule has 1 amide bonds. The van der Waals surface area contributed by atoms with Crippen LogP contribution in [0.25, 0.3) is 0 Å². The Kier molecular flexibility index (Phi) is 5.25. The fraction of sp³-hybridized carbons (Fsp3) is 0.875. The van der Waals surface area contributed by atoms with Crippen LogP contribution in [-0.2, 0) is 9.59 Å². The lowest BCUT2D eigenvalue weighted by atomic mass is 9.78. The van der Waals surface area contributed by atoms with Crippen LogP contribution in [0, 0.1) is 10.8 Å². The standard InChI is InChI=1S/C16H28N2O3/c17-11-15(7-3-1-2-4-8-15)13(19)18-12-16(14(20)21)9-5-6-10-16/h1-12,17H2,(H,18,19)(H,20,21). The molecule has 2 fully saturated rings. The third kappa shape index (κ3) is 3.39. The van der Waals surface area contributed by atoms with Gasteiger partial charge in [-0.2, -0.15) is 0 Å². The average molecular weight is 296 g/mol. The van der Waals surface area contributed by atoms with Crippen molar-refractivity contribution in [2.75, 3.05) is 13.1 Å². The summed E-state index contributed by atoms with van der Waals surface area (Å²) in [5.74, 6) is -0.803. The van der Waals surface area contributed by atoms with Gasteiger partial charge in [-0.05, 0) is 25.7 Å². The van der Waals surface area contributed by atoms with Gasteiger partial charge in [0.2, 0.25) is 5.91 Å². The molecular weight excluding hydrogens is 268 g/mol. The molecule has 0 bridgehead atoms. The Bertz CT molecular complexity index is 381. The topological polar surface area (TPSA) is 92.4 Å². The zero-order chi connectivity index (χ0) is 15.3. The molecule has 4 N–H and O–H groups in total. The monoisotopic (exact) mass is 296 g/mol. The van der Waals surface area contributed by atoms with Crippen molar-refractivity contribution < 1.29 is 14.7 Å². The van der Waals surface area contributed by atoms with E-state index in [2.05, 4.69) is 5.32 Å². The number of carboxylic acids is 1. The first kappa shape index (κ1) is 16.3. The summed E-state index contributed by atoms with van der Waals surface area (Å²) in [6, 6.07) is 0. The average Bonchev–Trinajstić information content (AvgIpc) is 2.83. The van der Waals surface area contributed by atoms with Crippen molar-refractivity contribution in [2.24, 2.45) is 16.6 Å². The minimum Gasteiger partial charge on any atom is -0.481 e. The predicted molar refractivity (Wildman–Crippen MR) is 80.7 cm³/mol. The molecule has 0 unspecified atom stereocenters. The van der Waals surface area contributed by atoms with Crippen LogP contribution in [0.15, 0.2) is 0 Å². The number of carboxylic acid groups (broad SMARTS) is 1. The Balaban J connectivity index is 2.00. The summed E-state index contributed by atoms with van der Waals surface area (Å²) in [5, 5.41) is 12.4. The molecule has 0 heterocycles. The van der Waals surface area contributed by atoms with Gasteiger partial charge in [0, 0.05) is 13.1 Å². The van der Waals surface area contributed by atoms with Crippen LogP contribution in [-0.4, -0.2) is 30.1 Å². The molecule has 2 aliphatic carbocycles. The Morgan fingerprint density at radius 1 is 0.905 bits per heavy atom. The first-order chi connectivity index (χ1) is 10.0. The second-order valence-electron chi connectivity index (χ2n) is 6.87. The first-order valence-corrected chi connectivity index (χ1v) is 8.26. The van der Waals surface area contributed by atoms with Gasteiger partial charge in [-0.1, -0.05) is 38.5 Å². The summed E-state index contributed by atoms with van der Waals surface area (Å²) in [6.07, 6.45) is 9.25. The number of carbonyl (C=O) groups is 2. The zero-order valence-electron chi connectivity index (χ0n) is 12.8. The Hall–Kier alpha value is -1.10. The molecular formula is C16H28N2O3. The van der Waals surface area contributed by atoms with Crippen molar-refractivity contribution in [1.82, 2.24) is 5.32 Å². The highest BCUT2D eigenvalue weighted by molar-refractivity contribution is 5.84. The van der Waals surface area contributed by atoms with Gasteiger partial charge >= 0.3 is 5.97 Å². The molecule has 0 saturated heterocycles. The van der Waals surface area contributed by atoms with Crippen LogP contribution in [0.5, 0.6) is 0 Å². The molecule has 0 spiro atoms. The summed E-state index contributed by atoms with van der Waals surface area (Å²) >= 11 is 0. The second kappa shape index (κ2) is 6.77. The Morgan fingerprint density at radius 3 is 1.86 bits per heavy atom. The van der Waals surface area contributed by atoms with E-state index >= 15 is 0 Å². The lowest BCUT2D eigenvalue weighted by Gasteiger charge is -2.32. The molecule has 0 aromatic heterocycles. The van der Waals surface area contributed by atoms with Crippen molar-refractivity contribution in [3.8, 4) is 0 Å². The number of carbonyl (C=O) groups excluding carboxylic acids is 1. The molecule has 2 rings (SSSR count). The minimum atomic E-state index is -0.775. The maximum Gasteiger partial charge on any atom is 0.311 e. The van der Waals surface area contributed by atoms with E-state index in [4.69, 9.17) is 5.73 Å². The number of amides is 1. The van der Waals surface area contributed by atoms with Crippen molar-refractivity contribution >= 4 is 11.9 Å². The van der Waals surface area contributed by atoms with Crippen molar-refractivity contribution in [3.63, 3.8) is 0 Å². The fourth-order valence-corrected chi connectivity index (χ4v) is 3.88.